The Hall–Kier alpha value is -2.29. The predicted molar refractivity (Wildman–Crippen MR) is 109 cm³/mol. The molecule has 28 heavy (non-hydrogen) atoms. The number of carbonyl (C=O) groups excluding carboxylic acids is 2. The van der Waals surface area contributed by atoms with Gasteiger partial charge in [-0.05, 0) is 12.5 Å². The lowest BCUT2D eigenvalue weighted by Gasteiger charge is -2.25. The summed E-state index contributed by atoms with van der Waals surface area (Å²) in [6.45, 7) is 7.50. The van der Waals surface area contributed by atoms with E-state index in [4.69, 9.17) is 4.74 Å². The zero-order valence-electron chi connectivity index (χ0n) is 16.2. The smallest absolute Gasteiger partial charge is 0.228 e. The molecule has 1 aromatic heterocycles. The van der Waals surface area contributed by atoms with Crippen LogP contribution in [-0.2, 0) is 20.9 Å². The lowest BCUT2D eigenvalue weighted by molar-refractivity contribution is -0.120. The number of benzene rings is 1. The highest BCUT2D eigenvalue weighted by molar-refractivity contribution is 7.13. The number of carbonyl (C=O) groups is 2. The van der Waals surface area contributed by atoms with Crippen molar-refractivity contribution in [3.63, 3.8) is 0 Å². The first-order chi connectivity index (χ1) is 13.5. The van der Waals surface area contributed by atoms with Crippen LogP contribution in [-0.4, -0.2) is 48.0 Å². The van der Waals surface area contributed by atoms with Gasteiger partial charge in [-0.1, -0.05) is 29.8 Å². The quantitative estimate of drug-likeness (QED) is 0.743. The average Bonchev–Trinajstić information content (AvgIpc) is 3.09. The molecule has 1 atom stereocenters. The maximum absolute atomic E-state index is 12.5. The number of ether oxygens (including phenoxy) is 1. The van der Waals surface area contributed by atoms with Gasteiger partial charge in [0.2, 0.25) is 11.8 Å². The molecule has 3 rings (SSSR count). The molecule has 2 amide bonds. The summed E-state index contributed by atoms with van der Waals surface area (Å²) >= 11 is 1.42. The van der Waals surface area contributed by atoms with Crippen molar-refractivity contribution in [1.82, 2.24) is 15.2 Å². The van der Waals surface area contributed by atoms with Crippen LogP contribution in [0.1, 0.15) is 36.2 Å². The Balaban J connectivity index is 1.58. The van der Waals surface area contributed by atoms with E-state index in [2.05, 4.69) is 20.5 Å². The van der Waals surface area contributed by atoms with E-state index in [-0.39, 0.29) is 24.3 Å². The van der Waals surface area contributed by atoms with Gasteiger partial charge < -0.3 is 15.4 Å². The number of nitrogens with one attached hydrogen (secondary N) is 2. The monoisotopic (exact) mass is 402 g/mol. The normalized spacial score (nSPS) is 15.8. The molecule has 1 unspecified atom stereocenters. The van der Waals surface area contributed by atoms with Crippen molar-refractivity contribution in [1.29, 1.82) is 0 Å². The second kappa shape index (κ2) is 9.77. The van der Waals surface area contributed by atoms with Crippen LogP contribution in [0.2, 0.25) is 0 Å². The first-order valence-corrected chi connectivity index (χ1v) is 10.3. The second-order valence-corrected chi connectivity index (χ2v) is 7.81. The topological polar surface area (TPSA) is 83.6 Å². The summed E-state index contributed by atoms with van der Waals surface area (Å²) in [6, 6.07) is 7.45. The highest BCUT2D eigenvalue weighted by Crippen LogP contribution is 2.21. The first-order valence-electron chi connectivity index (χ1n) is 9.37. The Bertz CT molecular complexity index is 800. The van der Waals surface area contributed by atoms with Gasteiger partial charge in [0.1, 0.15) is 0 Å². The number of hydrogen-bond acceptors (Lipinski definition) is 6. The number of morpholine rings is 1. The van der Waals surface area contributed by atoms with E-state index in [1.54, 1.807) is 0 Å². The van der Waals surface area contributed by atoms with E-state index in [0.29, 0.717) is 5.13 Å². The molecule has 1 aliphatic heterocycles. The van der Waals surface area contributed by atoms with Crippen molar-refractivity contribution in [2.24, 2.45) is 0 Å². The molecule has 1 fully saturated rings. The molecule has 8 heteroatoms. The molecule has 0 spiro atoms. The van der Waals surface area contributed by atoms with Crippen molar-refractivity contribution in [3.05, 3.63) is 46.5 Å². The number of aryl methyl sites for hydroxylation is 1. The summed E-state index contributed by atoms with van der Waals surface area (Å²) in [5, 5.41) is 8.27. The fraction of sp³-hybridized carbons (Fsp3) is 0.450. The van der Waals surface area contributed by atoms with Crippen LogP contribution in [0.3, 0.4) is 0 Å². The number of amides is 2. The van der Waals surface area contributed by atoms with Gasteiger partial charge in [-0.2, -0.15) is 0 Å². The van der Waals surface area contributed by atoms with Gasteiger partial charge in [0.25, 0.3) is 0 Å². The zero-order chi connectivity index (χ0) is 19.9. The number of anilines is 1. The molecule has 7 nitrogen and oxygen atoms in total. The van der Waals surface area contributed by atoms with Crippen LogP contribution < -0.4 is 10.6 Å². The largest absolute Gasteiger partial charge is 0.379 e. The minimum atomic E-state index is -0.370. The fourth-order valence-corrected chi connectivity index (χ4v) is 3.80. The van der Waals surface area contributed by atoms with E-state index < -0.39 is 0 Å². The minimum Gasteiger partial charge on any atom is -0.379 e. The highest BCUT2D eigenvalue weighted by Gasteiger charge is 2.18. The average molecular weight is 403 g/mol. The molecular formula is C20H26N4O3S. The van der Waals surface area contributed by atoms with E-state index in [1.807, 2.05) is 36.6 Å². The van der Waals surface area contributed by atoms with Gasteiger partial charge in [-0.25, -0.2) is 4.98 Å². The van der Waals surface area contributed by atoms with Crippen molar-refractivity contribution in [3.8, 4) is 0 Å². The van der Waals surface area contributed by atoms with E-state index in [9.17, 15) is 9.59 Å². The van der Waals surface area contributed by atoms with Crippen LogP contribution in [0.25, 0.3) is 0 Å². The third-order valence-electron chi connectivity index (χ3n) is 4.53. The van der Waals surface area contributed by atoms with E-state index in [0.717, 1.165) is 49.7 Å². The van der Waals surface area contributed by atoms with Gasteiger partial charge in [0.05, 0.1) is 31.4 Å². The van der Waals surface area contributed by atoms with Crippen molar-refractivity contribution in [2.45, 2.75) is 32.9 Å². The SMILES string of the molecule is CC(=O)NC(CC(=O)Nc1nc(CN2CCOCC2)cs1)c1ccc(C)cc1. The Morgan fingerprint density at radius 2 is 1.96 bits per heavy atom. The Morgan fingerprint density at radius 1 is 1.25 bits per heavy atom. The van der Waals surface area contributed by atoms with Crippen LogP contribution in [0, 0.1) is 6.92 Å². The number of hydrogen-bond donors (Lipinski definition) is 2. The summed E-state index contributed by atoms with van der Waals surface area (Å²) in [5.74, 6) is -0.341. The molecule has 0 saturated carbocycles. The maximum Gasteiger partial charge on any atom is 0.228 e. The van der Waals surface area contributed by atoms with Crippen molar-refractivity contribution < 1.29 is 14.3 Å². The molecule has 0 radical (unpaired) electrons. The van der Waals surface area contributed by atoms with Crippen LogP contribution >= 0.6 is 11.3 Å². The lowest BCUT2D eigenvalue weighted by atomic mass is 10.0. The van der Waals surface area contributed by atoms with Crippen molar-refractivity contribution >= 4 is 28.3 Å². The fourth-order valence-electron chi connectivity index (χ4n) is 3.08. The molecule has 2 N–H and O–H groups in total. The Labute approximate surface area is 169 Å². The van der Waals surface area contributed by atoms with Gasteiger partial charge in [0.15, 0.2) is 5.13 Å². The number of rotatable bonds is 7. The summed E-state index contributed by atoms with van der Waals surface area (Å²) in [5.41, 5.74) is 2.98. The molecule has 150 valence electrons. The highest BCUT2D eigenvalue weighted by atomic mass is 32.1. The third-order valence-corrected chi connectivity index (χ3v) is 5.34. The maximum atomic E-state index is 12.5. The van der Waals surface area contributed by atoms with Crippen LogP contribution in [0.15, 0.2) is 29.6 Å². The molecule has 0 bridgehead atoms. The Kier molecular flexibility index (Phi) is 7.13. The van der Waals surface area contributed by atoms with E-state index >= 15 is 0 Å². The zero-order valence-corrected chi connectivity index (χ0v) is 17.1. The molecule has 1 aromatic carbocycles. The van der Waals surface area contributed by atoms with Gasteiger partial charge in [0, 0.05) is 31.9 Å². The second-order valence-electron chi connectivity index (χ2n) is 6.95. The lowest BCUT2D eigenvalue weighted by Crippen LogP contribution is -2.35. The van der Waals surface area contributed by atoms with Gasteiger partial charge in [-0.3, -0.25) is 14.5 Å². The van der Waals surface area contributed by atoms with Gasteiger partial charge >= 0.3 is 0 Å². The summed E-state index contributed by atoms with van der Waals surface area (Å²) in [6.07, 6.45) is 0.154. The predicted octanol–water partition coefficient (Wildman–Crippen LogP) is 2.49. The third kappa shape index (κ3) is 6.12. The molecule has 1 aliphatic rings. The minimum absolute atomic E-state index is 0.154. The molecule has 0 aliphatic carbocycles. The number of thiazole rings is 1. The van der Waals surface area contributed by atoms with Crippen LogP contribution in [0.5, 0.6) is 0 Å². The van der Waals surface area contributed by atoms with E-state index in [1.165, 1.54) is 18.3 Å². The summed E-state index contributed by atoms with van der Waals surface area (Å²) in [7, 11) is 0. The first kappa shape index (κ1) is 20.4. The summed E-state index contributed by atoms with van der Waals surface area (Å²) in [4.78, 5) is 30.9. The molecular weight excluding hydrogens is 376 g/mol. The molecule has 1 saturated heterocycles. The number of aromatic nitrogens is 1. The number of nitrogens with zero attached hydrogens (tertiary/aromatic N) is 2. The molecule has 2 aromatic rings. The van der Waals surface area contributed by atoms with Crippen LogP contribution in [0.4, 0.5) is 5.13 Å². The Morgan fingerprint density at radius 3 is 2.64 bits per heavy atom. The van der Waals surface area contributed by atoms with Crippen molar-refractivity contribution in [2.75, 3.05) is 31.6 Å². The van der Waals surface area contributed by atoms with Gasteiger partial charge in [-0.15, -0.1) is 11.3 Å². The standard InChI is InChI=1S/C20H26N4O3S/c1-14-3-5-16(6-4-14)18(21-15(2)25)11-19(26)23-20-22-17(13-28-20)12-24-7-9-27-10-8-24/h3-6,13,18H,7-12H2,1-2H3,(H,21,25)(H,22,23,26). The molecule has 2 heterocycles. The summed E-state index contributed by atoms with van der Waals surface area (Å²) < 4.78 is 5.36.